The van der Waals surface area contributed by atoms with Gasteiger partial charge >= 0.3 is 6.18 Å². The van der Waals surface area contributed by atoms with E-state index in [-0.39, 0.29) is 11.4 Å². The van der Waals surface area contributed by atoms with E-state index < -0.39 is 22.7 Å². The molecule has 10 heteroatoms. The van der Waals surface area contributed by atoms with Gasteiger partial charge in [-0.2, -0.15) is 13.2 Å². The number of carbonyl (C=O) groups excluding carboxylic acids is 1. The molecule has 0 atom stereocenters. The van der Waals surface area contributed by atoms with Crippen LogP contribution in [0.2, 0.25) is 5.02 Å². The van der Waals surface area contributed by atoms with Gasteiger partial charge in [-0.15, -0.1) is 0 Å². The fourth-order valence-corrected chi connectivity index (χ4v) is 2.06. The zero-order chi connectivity index (χ0) is 18.4. The number of aromatic nitrogens is 2. The van der Waals surface area contributed by atoms with E-state index in [0.717, 1.165) is 12.1 Å². The SMILES string of the molecule is COCCNc1cnc(C(=O)Nc2ccc(Cl)c(C(F)(F)F)c2)cn1. The first-order chi connectivity index (χ1) is 11.8. The zero-order valence-electron chi connectivity index (χ0n) is 13.0. The first kappa shape index (κ1) is 18.9. The predicted octanol–water partition coefficient (Wildman–Crippen LogP) is 3.46. The molecule has 0 radical (unpaired) electrons. The maximum atomic E-state index is 12.8. The van der Waals surface area contributed by atoms with Crippen molar-refractivity contribution in [3.8, 4) is 0 Å². The summed E-state index contributed by atoms with van der Waals surface area (Å²) in [4.78, 5) is 20.0. The molecule has 1 aromatic carbocycles. The molecular weight excluding hydrogens is 361 g/mol. The van der Waals surface area contributed by atoms with E-state index in [0.29, 0.717) is 19.0 Å². The molecule has 134 valence electrons. The third-order valence-corrected chi connectivity index (χ3v) is 3.36. The van der Waals surface area contributed by atoms with Crippen molar-refractivity contribution in [1.82, 2.24) is 9.97 Å². The van der Waals surface area contributed by atoms with Crippen molar-refractivity contribution in [1.29, 1.82) is 0 Å². The first-order valence-corrected chi connectivity index (χ1v) is 7.42. The quantitative estimate of drug-likeness (QED) is 0.757. The van der Waals surface area contributed by atoms with Gasteiger partial charge in [-0.05, 0) is 18.2 Å². The Bertz CT molecular complexity index is 739. The van der Waals surface area contributed by atoms with Crippen molar-refractivity contribution < 1.29 is 22.7 Å². The molecule has 2 N–H and O–H groups in total. The van der Waals surface area contributed by atoms with Gasteiger partial charge in [0.2, 0.25) is 0 Å². The highest BCUT2D eigenvalue weighted by Gasteiger charge is 2.33. The second kappa shape index (κ2) is 8.13. The Hall–Kier alpha value is -2.39. The highest BCUT2D eigenvalue weighted by molar-refractivity contribution is 6.31. The van der Waals surface area contributed by atoms with E-state index >= 15 is 0 Å². The van der Waals surface area contributed by atoms with E-state index in [1.54, 1.807) is 7.11 Å². The van der Waals surface area contributed by atoms with E-state index in [2.05, 4.69) is 20.6 Å². The molecule has 0 fully saturated rings. The van der Waals surface area contributed by atoms with Crippen LogP contribution in [0.4, 0.5) is 24.7 Å². The van der Waals surface area contributed by atoms with Crippen molar-refractivity contribution in [3.63, 3.8) is 0 Å². The van der Waals surface area contributed by atoms with Crippen LogP contribution in [0.25, 0.3) is 0 Å². The molecule has 1 aromatic heterocycles. The van der Waals surface area contributed by atoms with Gasteiger partial charge in [0.1, 0.15) is 11.5 Å². The average molecular weight is 375 g/mol. The topological polar surface area (TPSA) is 76.1 Å². The highest BCUT2D eigenvalue weighted by atomic mass is 35.5. The van der Waals surface area contributed by atoms with Gasteiger partial charge in [-0.3, -0.25) is 4.79 Å². The second-order valence-corrected chi connectivity index (χ2v) is 5.26. The predicted molar refractivity (Wildman–Crippen MR) is 86.8 cm³/mol. The Morgan fingerprint density at radius 2 is 2.04 bits per heavy atom. The van der Waals surface area contributed by atoms with E-state index in [4.69, 9.17) is 16.3 Å². The maximum absolute atomic E-state index is 12.8. The zero-order valence-corrected chi connectivity index (χ0v) is 13.8. The molecule has 2 rings (SSSR count). The molecule has 0 unspecified atom stereocenters. The summed E-state index contributed by atoms with van der Waals surface area (Å²) >= 11 is 5.53. The molecule has 0 saturated heterocycles. The molecule has 1 heterocycles. The lowest BCUT2D eigenvalue weighted by molar-refractivity contribution is -0.137. The number of rotatable bonds is 6. The summed E-state index contributed by atoms with van der Waals surface area (Å²) in [5, 5.41) is 4.80. The van der Waals surface area contributed by atoms with Gasteiger partial charge in [-0.1, -0.05) is 11.6 Å². The summed E-state index contributed by atoms with van der Waals surface area (Å²) in [5.41, 5.74) is -1.12. The average Bonchev–Trinajstić information content (AvgIpc) is 2.56. The van der Waals surface area contributed by atoms with Crippen LogP contribution in [0, 0.1) is 0 Å². The number of benzene rings is 1. The molecule has 0 aliphatic carbocycles. The maximum Gasteiger partial charge on any atom is 0.417 e. The second-order valence-electron chi connectivity index (χ2n) is 4.85. The largest absolute Gasteiger partial charge is 0.417 e. The van der Waals surface area contributed by atoms with Crippen LogP contribution in [0.3, 0.4) is 0 Å². The number of nitrogens with one attached hydrogen (secondary N) is 2. The van der Waals surface area contributed by atoms with Gasteiger partial charge in [0.25, 0.3) is 5.91 Å². The third kappa shape index (κ3) is 5.30. The normalized spacial score (nSPS) is 11.2. The smallest absolute Gasteiger partial charge is 0.383 e. The summed E-state index contributed by atoms with van der Waals surface area (Å²) in [6, 6.07) is 3.09. The van der Waals surface area contributed by atoms with Crippen molar-refractivity contribution in [2.75, 3.05) is 30.9 Å². The van der Waals surface area contributed by atoms with Gasteiger partial charge in [-0.25, -0.2) is 9.97 Å². The number of hydrogen-bond acceptors (Lipinski definition) is 5. The lowest BCUT2D eigenvalue weighted by Gasteiger charge is -2.11. The van der Waals surface area contributed by atoms with Gasteiger partial charge in [0.15, 0.2) is 0 Å². The Kier molecular flexibility index (Phi) is 6.16. The number of carbonyl (C=O) groups is 1. The monoisotopic (exact) mass is 374 g/mol. The fourth-order valence-electron chi connectivity index (χ4n) is 1.83. The van der Waals surface area contributed by atoms with Gasteiger partial charge in [0, 0.05) is 19.3 Å². The number of anilines is 2. The lowest BCUT2D eigenvalue weighted by Crippen LogP contribution is -2.16. The molecule has 25 heavy (non-hydrogen) atoms. The van der Waals surface area contributed by atoms with Gasteiger partial charge in [0.05, 0.1) is 29.6 Å². The number of halogens is 4. The Labute approximate surface area is 146 Å². The molecule has 2 aromatic rings. The minimum atomic E-state index is -4.62. The first-order valence-electron chi connectivity index (χ1n) is 7.04. The van der Waals surface area contributed by atoms with Crippen LogP contribution in [0.1, 0.15) is 16.1 Å². The minimum Gasteiger partial charge on any atom is -0.383 e. The number of alkyl halides is 3. The minimum absolute atomic E-state index is 0.0409. The molecule has 1 amide bonds. The van der Waals surface area contributed by atoms with E-state index in [1.165, 1.54) is 18.5 Å². The summed E-state index contributed by atoms with van der Waals surface area (Å²) in [6.07, 6.45) is -2.06. The number of amides is 1. The summed E-state index contributed by atoms with van der Waals surface area (Å²) < 4.78 is 43.3. The standard InChI is InChI=1S/C15H14ClF3N4O2/c1-25-5-4-20-13-8-21-12(7-22-13)14(24)23-9-2-3-11(16)10(6-9)15(17,18)19/h2-3,6-8H,4-5H2,1H3,(H,20,22)(H,23,24). The number of nitrogens with zero attached hydrogens (tertiary/aromatic N) is 2. The third-order valence-electron chi connectivity index (χ3n) is 3.03. The number of methoxy groups -OCH3 is 1. The summed E-state index contributed by atoms with van der Waals surface area (Å²) in [7, 11) is 1.56. The molecule has 6 nitrogen and oxygen atoms in total. The van der Waals surface area contributed by atoms with Crippen LogP contribution in [-0.2, 0) is 10.9 Å². The highest BCUT2D eigenvalue weighted by Crippen LogP contribution is 2.36. The molecule has 0 saturated carbocycles. The van der Waals surface area contributed by atoms with E-state index in [9.17, 15) is 18.0 Å². The van der Waals surface area contributed by atoms with E-state index in [1.807, 2.05) is 0 Å². The van der Waals surface area contributed by atoms with Crippen molar-refractivity contribution in [3.05, 3.63) is 46.9 Å². The Balaban J connectivity index is 2.07. The number of hydrogen-bond donors (Lipinski definition) is 2. The van der Waals surface area contributed by atoms with Crippen LogP contribution in [0.15, 0.2) is 30.6 Å². The fraction of sp³-hybridized carbons (Fsp3) is 0.267. The Morgan fingerprint density at radius 1 is 1.28 bits per heavy atom. The summed E-state index contributed by atoms with van der Waals surface area (Å²) in [6.45, 7) is 0.990. The van der Waals surface area contributed by atoms with Gasteiger partial charge < -0.3 is 15.4 Å². The van der Waals surface area contributed by atoms with Crippen LogP contribution < -0.4 is 10.6 Å². The molecule has 0 aliphatic rings. The number of ether oxygens (including phenoxy) is 1. The molecule has 0 aliphatic heterocycles. The molecular formula is C15H14ClF3N4O2. The molecule has 0 bridgehead atoms. The lowest BCUT2D eigenvalue weighted by atomic mass is 10.2. The van der Waals surface area contributed by atoms with Crippen LogP contribution in [-0.4, -0.2) is 36.1 Å². The Morgan fingerprint density at radius 3 is 2.64 bits per heavy atom. The van der Waals surface area contributed by atoms with Crippen molar-refractivity contribution in [2.24, 2.45) is 0 Å². The van der Waals surface area contributed by atoms with Crippen LogP contribution >= 0.6 is 11.6 Å². The summed E-state index contributed by atoms with van der Waals surface area (Å²) in [5.74, 6) is -0.245. The van der Waals surface area contributed by atoms with Crippen LogP contribution in [0.5, 0.6) is 0 Å². The molecule has 0 spiro atoms. The van der Waals surface area contributed by atoms with Crippen molar-refractivity contribution >= 4 is 29.0 Å². The van der Waals surface area contributed by atoms with Crippen molar-refractivity contribution in [2.45, 2.75) is 6.18 Å².